The molecular weight excluding hydrogens is 264 g/mol. The monoisotopic (exact) mass is 280 g/mol. The van der Waals surface area contributed by atoms with Gasteiger partial charge in [-0.25, -0.2) is 0 Å². The van der Waals surface area contributed by atoms with Gasteiger partial charge in [0.1, 0.15) is 0 Å². The number of aryl methyl sites for hydroxylation is 1. The van der Waals surface area contributed by atoms with E-state index in [0.717, 1.165) is 23.9 Å². The molecule has 0 aliphatic carbocycles. The molecule has 0 bridgehead atoms. The third kappa shape index (κ3) is 2.52. The molecule has 0 N–H and O–H groups in total. The van der Waals surface area contributed by atoms with Crippen LogP contribution in [0.15, 0.2) is 54.6 Å². The SMILES string of the molecule is CCn1c(Cc2ccccc2)cc2cc([N+](=O)[O-])ccc21. The lowest BCUT2D eigenvalue weighted by Gasteiger charge is -2.08. The number of non-ortho nitro benzene ring substituents is 1. The summed E-state index contributed by atoms with van der Waals surface area (Å²) in [6.07, 6.45) is 0.831. The van der Waals surface area contributed by atoms with Gasteiger partial charge < -0.3 is 4.57 Å². The maximum atomic E-state index is 10.9. The minimum Gasteiger partial charge on any atom is -0.345 e. The molecule has 0 saturated heterocycles. The Bertz CT molecular complexity index is 791. The Labute approximate surface area is 122 Å². The zero-order chi connectivity index (χ0) is 14.8. The minimum atomic E-state index is -0.348. The molecule has 3 aromatic rings. The summed E-state index contributed by atoms with van der Waals surface area (Å²) in [5.74, 6) is 0. The number of hydrogen-bond donors (Lipinski definition) is 0. The van der Waals surface area contributed by atoms with Crippen LogP contribution in [-0.2, 0) is 13.0 Å². The molecule has 3 rings (SSSR count). The van der Waals surface area contributed by atoms with Gasteiger partial charge in [0.25, 0.3) is 5.69 Å². The molecule has 0 spiro atoms. The van der Waals surface area contributed by atoms with Crippen LogP contribution in [0.2, 0.25) is 0 Å². The normalized spacial score (nSPS) is 10.9. The number of rotatable bonds is 4. The second-order valence-electron chi connectivity index (χ2n) is 5.04. The largest absolute Gasteiger partial charge is 0.345 e. The standard InChI is InChI=1S/C17H16N2O2/c1-2-18-16(10-13-6-4-3-5-7-13)12-14-11-15(19(20)21)8-9-17(14)18/h3-9,11-12H,2,10H2,1H3. The minimum absolute atomic E-state index is 0.141. The van der Waals surface area contributed by atoms with Crippen LogP contribution in [0, 0.1) is 10.1 Å². The van der Waals surface area contributed by atoms with E-state index in [1.807, 2.05) is 24.3 Å². The smallest absolute Gasteiger partial charge is 0.270 e. The van der Waals surface area contributed by atoms with E-state index in [1.165, 1.54) is 11.3 Å². The topological polar surface area (TPSA) is 48.1 Å². The van der Waals surface area contributed by atoms with Gasteiger partial charge in [0.15, 0.2) is 0 Å². The summed E-state index contributed by atoms with van der Waals surface area (Å²) in [5.41, 5.74) is 3.61. The van der Waals surface area contributed by atoms with Crippen LogP contribution in [0.1, 0.15) is 18.2 Å². The predicted molar refractivity (Wildman–Crippen MR) is 83.5 cm³/mol. The number of hydrogen-bond acceptors (Lipinski definition) is 2. The Balaban J connectivity index is 2.07. The molecule has 1 aromatic heterocycles. The molecule has 0 aliphatic heterocycles. The van der Waals surface area contributed by atoms with Crippen molar-refractivity contribution in [2.24, 2.45) is 0 Å². The first kappa shape index (κ1) is 13.4. The molecule has 2 aromatic carbocycles. The number of benzene rings is 2. The van der Waals surface area contributed by atoms with Crippen molar-refractivity contribution < 1.29 is 4.92 Å². The second kappa shape index (κ2) is 5.40. The fourth-order valence-corrected chi connectivity index (χ4v) is 2.75. The summed E-state index contributed by atoms with van der Waals surface area (Å²) in [6.45, 7) is 2.94. The van der Waals surface area contributed by atoms with Gasteiger partial charge in [-0.15, -0.1) is 0 Å². The molecule has 0 radical (unpaired) electrons. The van der Waals surface area contributed by atoms with E-state index in [1.54, 1.807) is 12.1 Å². The Kier molecular flexibility index (Phi) is 3.44. The van der Waals surface area contributed by atoms with Crippen molar-refractivity contribution >= 4 is 16.6 Å². The number of nitro groups is 1. The third-order valence-corrected chi connectivity index (χ3v) is 3.73. The summed E-state index contributed by atoms with van der Waals surface area (Å²) >= 11 is 0. The highest BCUT2D eigenvalue weighted by atomic mass is 16.6. The van der Waals surface area contributed by atoms with E-state index in [-0.39, 0.29) is 10.6 Å². The maximum Gasteiger partial charge on any atom is 0.270 e. The van der Waals surface area contributed by atoms with Crippen LogP contribution in [-0.4, -0.2) is 9.49 Å². The summed E-state index contributed by atoms with van der Waals surface area (Å²) in [6, 6.07) is 17.4. The van der Waals surface area contributed by atoms with E-state index in [4.69, 9.17) is 0 Å². The van der Waals surface area contributed by atoms with Crippen LogP contribution in [0.4, 0.5) is 5.69 Å². The van der Waals surface area contributed by atoms with E-state index < -0.39 is 0 Å². The molecule has 21 heavy (non-hydrogen) atoms. The molecule has 0 amide bonds. The molecule has 0 saturated carbocycles. The lowest BCUT2D eigenvalue weighted by Crippen LogP contribution is -2.01. The average Bonchev–Trinajstić information content (AvgIpc) is 2.84. The lowest BCUT2D eigenvalue weighted by atomic mass is 10.1. The zero-order valence-corrected chi connectivity index (χ0v) is 11.8. The van der Waals surface area contributed by atoms with Gasteiger partial charge in [-0.3, -0.25) is 10.1 Å². The van der Waals surface area contributed by atoms with Crippen molar-refractivity contribution in [3.63, 3.8) is 0 Å². The number of aromatic nitrogens is 1. The van der Waals surface area contributed by atoms with Crippen molar-refractivity contribution in [2.45, 2.75) is 19.9 Å². The van der Waals surface area contributed by atoms with Crippen LogP contribution < -0.4 is 0 Å². The van der Waals surface area contributed by atoms with Gasteiger partial charge in [-0.2, -0.15) is 0 Å². The second-order valence-corrected chi connectivity index (χ2v) is 5.04. The first-order chi connectivity index (χ1) is 10.2. The molecule has 4 heteroatoms. The van der Waals surface area contributed by atoms with Gasteiger partial charge >= 0.3 is 0 Å². The molecule has 0 unspecified atom stereocenters. The van der Waals surface area contributed by atoms with Crippen molar-refractivity contribution in [2.75, 3.05) is 0 Å². The first-order valence-electron chi connectivity index (χ1n) is 6.99. The number of nitrogens with zero attached hydrogens (tertiary/aromatic N) is 2. The Hall–Kier alpha value is -2.62. The van der Waals surface area contributed by atoms with Crippen LogP contribution >= 0.6 is 0 Å². The highest BCUT2D eigenvalue weighted by molar-refractivity contribution is 5.83. The van der Waals surface area contributed by atoms with E-state index in [0.29, 0.717) is 0 Å². The van der Waals surface area contributed by atoms with E-state index in [9.17, 15) is 10.1 Å². The fourth-order valence-electron chi connectivity index (χ4n) is 2.75. The van der Waals surface area contributed by atoms with Crippen LogP contribution in [0.3, 0.4) is 0 Å². The molecule has 0 aliphatic rings. The summed E-state index contributed by atoms with van der Waals surface area (Å²) in [4.78, 5) is 10.5. The quantitative estimate of drug-likeness (QED) is 0.532. The predicted octanol–water partition coefficient (Wildman–Crippen LogP) is 4.16. The Morgan fingerprint density at radius 3 is 2.52 bits per heavy atom. The van der Waals surface area contributed by atoms with E-state index in [2.05, 4.69) is 29.7 Å². The highest BCUT2D eigenvalue weighted by Gasteiger charge is 2.12. The van der Waals surface area contributed by atoms with Gasteiger partial charge in [0.2, 0.25) is 0 Å². The van der Waals surface area contributed by atoms with Gasteiger partial charge in [-0.05, 0) is 24.6 Å². The van der Waals surface area contributed by atoms with Crippen molar-refractivity contribution in [3.05, 3.63) is 76.0 Å². The van der Waals surface area contributed by atoms with Crippen molar-refractivity contribution in [3.8, 4) is 0 Å². The van der Waals surface area contributed by atoms with E-state index >= 15 is 0 Å². The molecule has 0 atom stereocenters. The van der Waals surface area contributed by atoms with Crippen molar-refractivity contribution in [1.82, 2.24) is 4.57 Å². The molecule has 4 nitrogen and oxygen atoms in total. The fraction of sp³-hybridized carbons (Fsp3) is 0.176. The lowest BCUT2D eigenvalue weighted by molar-refractivity contribution is -0.384. The van der Waals surface area contributed by atoms with Gasteiger partial charge in [-0.1, -0.05) is 30.3 Å². The summed E-state index contributed by atoms with van der Waals surface area (Å²) < 4.78 is 2.21. The van der Waals surface area contributed by atoms with Crippen molar-refractivity contribution in [1.29, 1.82) is 0 Å². The Morgan fingerprint density at radius 2 is 1.86 bits per heavy atom. The van der Waals surface area contributed by atoms with Gasteiger partial charge in [0, 0.05) is 41.7 Å². The number of nitro benzene ring substituents is 1. The molecular formula is C17H16N2O2. The molecule has 0 fully saturated rings. The van der Waals surface area contributed by atoms with Crippen LogP contribution in [0.25, 0.3) is 10.9 Å². The highest BCUT2D eigenvalue weighted by Crippen LogP contribution is 2.26. The van der Waals surface area contributed by atoms with Crippen LogP contribution in [0.5, 0.6) is 0 Å². The molecule has 1 heterocycles. The number of fused-ring (bicyclic) bond motifs is 1. The molecule has 106 valence electrons. The maximum absolute atomic E-state index is 10.9. The first-order valence-corrected chi connectivity index (χ1v) is 6.99. The average molecular weight is 280 g/mol. The zero-order valence-electron chi connectivity index (χ0n) is 11.8. The summed E-state index contributed by atoms with van der Waals surface area (Å²) in [5, 5.41) is 11.8. The summed E-state index contributed by atoms with van der Waals surface area (Å²) in [7, 11) is 0. The third-order valence-electron chi connectivity index (χ3n) is 3.73. The van der Waals surface area contributed by atoms with Gasteiger partial charge in [0.05, 0.1) is 4.92 Å². The Morgan fingerprint density at radius 1 is 1.10 bits per heavy atom.